The fourth-order valence-corrected chi connectivity index (χ4v) is 3.99. The molecular formula is C17H18BrN3O3S. The molecule has 0 spiro atoms. The molecule has 0 unspecified atom stereocenters. The Morgan fingerprint density at radius 3 is 2.52 bits per heavy atom. The van der Waals surface area contributed by atoms with Gasteiger partial charge in [0, 0.05) is 28.9 Å². The summed E-state index contributed by atoms with van der Waals surface area (Å²) in [4.78, 5) is 13.6. The van der Waals surface area contributed by atoms with Crippen molar-refractivity contribution in [2.75, 3.05) is 29.3 Å². The quantitative estimate of drug-likeness (QED) is 0.791. The maximum Gasteiger partial charge on any atom is 0.261 e. The van der Waals surface area contributed by atoms with Gasteiger partial charge in [-0.15, -0.1) is 0 Å². The average molecular weight is 424 g/mol. The number of hydrogen-bond acceptors (Lipinski definition) is 4. The van der Waals surface area contributed by atoms with E-state index in [4.69, 9.17) is 0 Å². The van der Waals surface area contributed by atoms with E-state index >= 15 is 0 Å². The lowest BCUT2D eigenvalue weighted by molar-refractivity contribution is -0.120. The Balaban J connectivity index is 1.76. The average Bonchev–Trinajstić information content (AvgIpc) is 2.57. The van der Waals surface area contributed by atoms with E-state index in [1.54, 1.807) is 30.3 Å². The van der Waals surface area contributed by atoms with Crippen LogP contribution in [0.4, 0.5) is 11.4 Å². The standard InChI is InChI=1S/C17H18BrN3O3S/c1-12-10-15(6-7-16(12)18)25(23,24)20-13-2-4-14(5-3-13)21-9-8-19-17(22)11-21/h2-7,10,20H,8-9,11H2,1H3,(H,19,22). The summed E-state index contributed by atoms with van der Waals surface area (Å²) in [5.74, 6) is -0.0124. The molecule has 25 heavy (non-hydrogen) atoms. The van der Waals surface area contributed by atoms with E-state index < -0.39 is 10.0 Å². The number of rotatable bonds is 4. The predicted molar refractivity (Wildman–Crippen MR) is 101 cm³/mol. The van der Waals surface area contributed by atoms with Gasteiger partial charge in [-0.3, -0.25) is 9.52 Å². The number of benzene rings is 2. The minimum Gasteiger partial charge on any atom is -0.360 e. The number of aryl methyl sites for hydroxylation is 1. The van der Waals surface area contributed by atoms with Crippen molar-refractivity contribution >= 4 is 43.2 Å². The van der Waals surface area contributed by atoms with Crippen molar-refractivity contribution in [3.63, 3.8) is 0 Å². The molecule has 1 aliphatic rings. The van der Waals surface area contributed by atoms with Crippen LogP contribution in [0.2, 0.25) is 0 Å². The van der Waals surface area contributed by atoms with Gasteiger partial charge >= 0.3 is 0 Å². The van der Waals surface area contributed by atoms with Gasteiger partial charge in [-0.1, -0.05) is 15.9 Å². The van der Waals surface area contributed by atoms with E-state index in [0.717, 1.165) is 22.3 Å². The molecule has 1 heterocycles. The minimum atomic E-state index is -3.65. The van der Waals surface area contributed by atoms with Crippen LogP contribution in [0.15, 0.2) is 51.8 Å². The van der Waals surface area contributed by atoms with Crippen LogP contribution in [0.1, 0.15) is 5.56 Å². The molecule has 0 atom stereocenters. The summed E-state index contributed by atoms with van der Waals surface area (Å²) >= 11 is 3.36. The summed E-state index contributed by atoms with van der Waals surface area (Å²) in [5.41, 5.74) is 2.21. The highest BCUT2D eigenvalue weighted by molar-refractivity contribution is 9.10. The molecule has 0 bridgehead atoms. The summed E-state index contributed by atoms with van der Waals surface area (Å²) in [6.45, 7) is 3.49. The van der Waals surface area contributed by atoms with E-state index in [-0.39, 0.29) is 10.8 Å². The number of halogens is 1. The largest absolute Gasteiger partial charge is 0.360 e. The normalized spacial score (nSPS) is 15.0. The zero-order valence-electron chi connectivity index (χ0n) is 13.6. The Morgan fingerprint density at radius 1 is 1.16 bits per heavy atom. The van der Waals surface area contributed by atoms with E-state index in [1.807, 2.05) is 24.0 Å². The number of anilines is 2. The predicted octanol–water partition coefficient (Wildman–Crippen LogP) is 2.49. The third kappa shape index (κ3) is 4.13. The molecule has 132 valence electrons. The van der Waals surface area contributed by atoms with Crippen LogP contribution < -0.4 is 14.9 Å². The van der Waals surface area contributed by atoms with Crippen LogP contribution in [0.25, 0.3) is 0 Å². The Morgan fingerprint density at radius 2 is 1.88 bits per heavy atom. The molecule has 1 fully saturated rings. The van der Waals surface area contributed by atoms with Crippen molar-refractivity contribution in [2.24, 2.45) is 0 Å². The maximum absolute atomic E-state index is 12.5. The second-order valence-electron chi connectivity index (χ2n) is 5.83. The molecule has 6 nitrogen and oxygen atoms in total. The van der Waals surface area contributed by atoms with E-state index in [2.05, 4.69) is 26.0 Å². The van der Waals surface area contributed by atoms with Crippen molar-refractivity contribution in [2.45, 2.75) is 11.8 Å². The van der Waals surface area contributed by atoms with Crippen LogP contribution in [-0.2, 0) is 14.8 Å². The van der Waals surface area contributed by atoms with Gasteiger partial charge in [-0.2, -0.15) is 0 Å². The molecule has 0 saturated carbocycles. The molecule has 0 radical (unpaired) electrons. The van der Waals surface area contributed by atoms with Crippen LogP contribution in [0, 0.1) is 6.92 Å². The van der Waals surface area contributed by atoms with Gasteiger partial charge in [-0.05, 0) is 55.0 Å². The third-order valence-corrected chi connectivity index (χ3v) is 6.23. The first-order chi connectivity index (χ1) is 11.8. The maximum atomic E-state index is 12.5. The number of hydrogen-bond donors (Lipinski definition) is 2. The molecule has 3 rings (SSSR count). The van der Waals surface area contributed by atoms with Crippen molar-refractivity contribution in [3.05, 3.63) is 52.5 Å². The van der Waals surface area contributed by atoms with Gasteiger partial charge in [0.1, 0.15) is 0 Å². The highest BCUT2D eigenvalue weighted by Gasteiger charge is 2.18. The minimum absolute atomic E-state index is 0.0124. The van der Waals surface area contributed by atoms with Gasteiger partial charge in [-0.25, -0.2) is 8.42 Å². The highest BCUT2D eigenvalue weighted by atomic mass is 79.9. The summed E-state index contributed by atoms with van der Waals surface area (Å²) in [6, 6.07) is 11.9. The van der Waals surface area contributed by atoms with Gasteiger partial charge in [0.15, 0.2) is 0 Å². The zero-order valence-corrected chi connectivity index (χ0v) is 16.0. The lowest BCUT2D eigenvalue weighted by Gasteiger charge is -2.28. The molecule has 1 saturated heterocycles. The highest BCUT2D eigenvalue weighted by Crippen LogP contribution is 2.24. The smallest absolute Gasteiger partial charge is 0.261 e. The number of nitrogens with one attached hydrogen (secondary N) is 2. The summed E-state index contributed by atoms with van der Waals surface area (Å²) < 4.78 is 28.5. The second kappa shape index (κ2) is 7.05. The first-order valence-corrected chi connectivity index (χ1v) is 10.0. The lowest BCUT2D eigenvalue weighted by Crippen LogP contribution is -2.47. The van der Waals surface area contributed by atoms with Gasteiger partial charge in [0.05, 0.1) is 11.4 Å². The Kier molecular flexibility index (Phi) is 5.01. The number of piperazine rings is 1. The second-order valence-corrected chi connectivity index (χ2v) is 8.37. The molecule has 0 aliphatic carbocycles. The van der Waals surface area contributed by atoms with Crippen LogP contribution in [0.5, 0.6) is 0 Å². The van der Waals surface area contributed by atoms with Gasteiger partial charge in [0.2, 0.25) is 5.91 Å². The fourth-order valence-electron chi connectivity index (χ4n) is 2.60. The van der Waals surface area contributed by atoms with Crippen LogP contribution in [-0.4, -0.2) is 34.0 Å². The lowest BCUT2D eigenvalue weighted by atomic mass is 10.2. The summed E-state index contributed by atoms with van der Waals surface area (Å²) in [5, 5.41) is 2.78. The molecule has 1 aliphatic heterocycles. The number of carbonyl (C=O) groups is 1. The third-order valence-electron chi connectivity index (χ3n) is 3.96. The van der Waals surface area contributed by atoms with Gasteiger partial charge < -0.3 is 10.2 Å². The molecule has 2 aromatic carbocycles. The summed E-state index contributed by atoms with van der Waals surface area (Å²) in [7, 11) is -3.65. The number of amides is 1. The topological polar surface area (TPSA) is 78.5 Å². The van der Waals surface area contributed by atoms with Crippen molar-refractivity contribution in [3.8, 4) is 0 Å². The van der Waals surface area contributed by atoms with E-state index in [9.17, 15) is 13.2 Å². The van der Waals surface area contributed by atoms with E-state index in [1.165, 1.54) is 0 Å². The molecule has 2 aromatic rings. The SMILES string of the molecule is Cc1cc(S(=O)(=O)Nc2ccc(N3CCNC(=O)C3)cc2)ccc1Br. The summed E-state index contributed by atoms with van der Waals surface area (Å²) in [6.07, 6.45) is 0. The molecule has 8 heteroatoms. The Labute approximate surface area is 155 Å². The fraction of sp³-hybridized carbons (Fsp3) is 0.235. The first-order valence-electron chi connectivity index (χ1n) is 7.76. The first kappa shape index (κ1) is 17.8. The molecule has 2 N–H and O–H groups in total. The van der Waals surface area contributed by atoms with Crippen LogP contribution >= 0.6 is 15.9 Å². The number of carbonyl (C=O) groups excluding carboxylic acids is 1. The number of nitrogens with zero attached hydrogens (tertiary/aromatic N) is 1. The van der Waals surface area contributed by atoms with Crippen molar-refractivity contribution in [1.82, 2.24) is 5.32 Å². The van der Waals surface area contributed by atoms with Crippen molar-refractivity contribution in [1.29, 1.82) is 0 Å². The molecule has 0 aromatic heterocycles. The van der Waals surface area contributed by atoms with Crippen molar-refractivity contribution < 1.29 is 13.2 Å². The molecular weight excluding hydrogens is 406 g/mol. The zero-order chi connectivity index (χ0) is 18.0. The van der Waals surface area contributed by atoms with E-state index in [0.29, 0.717) is 18.8 Å². The number of sulfonamides is 1. The monoisotopic (exact) mass is 423 g/mol. The van der Waals surface area contributed by atoms with Gasteiger partial charge in [0.25, 0.3) is 10.0 Å². The Hall–Kier alpha value is -2.06. The van der Waals surface area contributed by atoms with Crippen LogP contribution in [0.3, 0.4) is 0 Å². The molecule has 1 amide bonds. The Bertz CT molecular complexity index is 898.